The fraction of sp³-hybridized carbons (Fsp3) is 0.455. The van der Waals surface area contributed by atoms with Gasteiger partial charge < -0.3 is 19.7 Å². The third kappa shape index (κ3) is 5.24. The van der Waals surface area contributed by atoms with Gasteiger partial charge in [0.2, 0.25) is 5.91 Å². The normalized spacial score (nSPS) is 19.6. The Morgan fingerprint density at radius 2 is 1.94 bits per heavy atom. The van der Waals surface area contributed by atoms with E-state index >= 15 is 0 Å². The number of hydrogen-bond donors (Lipinski definition) is 1. The highest BCUT2D eigenvalue weighted by molar-refractivity contribution is 8.18. The van der Waals surface area contributed by atoms with Crippen molar-refractivity contribution in [3.8, 4) is 11.5 Å². The fourth-order valence-corrected chi connectivity index (χ4v) is 4.36. The molecule has 0 spiro atoms. The first-order chi connectivity index (χ1) is 15.4. The van der Waals surface area contributed by atoms with Gasteiger partial charge in [-0.2, -0.15) is 0 Å². The zero-order chi connectivity index (χ0) is 22.7. The highest BCUT2D eigenvalue weighted by Crippen LogP contribution is 2.34. The molecule has 0 aromatic heterocycles. The van der Waals surface area contributed by atoms with E-state index < -0.39 is 11.1 Å². The third-order valence-electron chi connectivity index (χ3n) is 5.41. The predicted octanol–water partition coefficient (Wildman–Crippen LogP) is 2.01. The second-order valence-corrected chi connectivity index (χ2v) is 8.89. The van der Waals surface area contributed by atoms with Gasteiger partial charge in [0, 0.05) is 19.1 Å². The monoisotopic (exact) mass is 459 g/mol. The Morgan fingerprint density at radius 1 is 1.19 bits per heavy atom. The van der Waals surface area contributed by atoms with Crippen LogP contribution in [0.5, 0.6) is 11.5 Å². The van der Waals surface area contributed by atoms with Crippen LogP contribution in [0.15, 0.2) is 23.1 Å². The summed E-state index contributed by atoms with van der Waals surface area (Å²) in [6, 6.07) is 5.28. The van der Waals surface area contributed by atoms with Crippen molar-refractivity contribution in [1.82, 2.24) is 15.1 Å². The van der Waals surface area contributed by atoms with E-state index in [4.69, 9.17) is 9.47 Å². The van der Waals surface area contributed by atoms with E-state index in [2.05, 4.69) is 5.32 Å². The standard InChI is InChI=1S/C22H25N3O6S/c1-30-17-10-14(4-7-16(17)31-13-19(26)23-15-5-6-15)11-18-21(28)25(22(29)32-18)12-20(27)24-8-2-3-9-24/h4,7,10-11,15H,2-3,5-6,8-9,12-13H2,1H3,(H,23,26)/b18-11-. The lowest BCUT2D eigenvalue weighted by Crippen LogP contribution is -2.40. The average Bonchev–Trinajstić information content (AvgIpc) is 3.33. The van der Waals surface area contributed by atoms with Crippen LogP contribution in [0.2, 0.25) is 0 Å². The van der Waals surface area contributed by atoms with Gasteiger partial charge in [-0.1, -0.05) is 6.07 Å². The Hall–Kier alpha value is -3.01. The number of likely N-dealkylation sites (tertiary alicyclic amines) is 1. The molecule has 1 saturated carbocycles. The van der Waals surface area contributed by atoms with Crippen LogP contribution >= 0.6 is 11.8 Å². The van der Waals surface area contributed by atoms with E-state index in [1.807, 2.05) is 0 Å². The number of ether oxygens (including phenoxy) is 2. The number of methoxy groups -OCH3 is 1. The molecule has 1 aromatic rings. The molecule has 2 aliphatic heterocycles. The van der Waals surface area contributed by atoms with Crippen molar-refractivity contribution in [3.63, 3.8) is 0 Å². The highest BCUT2D eigenvalue weighted by Gasteiger charge is 2.37. The topological polar surface area (TPSA) is 105 Å². The Balaban J connectivity index is 1.40. The predicted molar refractivity (Wildman–Crippen MR) is 118 cm³/mol. The summed E-state index contributed by atoms with van der Waals surface area (Å²) in [5.41, 5.74) is 0.632. The van der Waals surface area contributed by atoms with Crippen molar-refractivity contribution in [2.45, 2.75) is 31.7 Å². The van der Waals surface area contributed by atoms with Gasteiger partial charge in [0.15, 0.2) is 18.1 Å². The minimum absolute atomic E-state index is 0.115. The van der Waals surface area contributed by atoms with Gasteiger partial charge >= 0.3 is 0 Å². The first kappa shape index (κ1) is 22.2. The zero-order valence-corrected chi connectivity index (χ0v) is 18.6. The molecule has 1 aliphatic carbocycles. The van der Waals surface area contributed by atoms with Crippen molar-refractivity contribution < 1.29 is 28.7 Å². The third-order valence-corrected chi connectivity index (χ3v) is 6.32. The molecule has 3 aliphatic rings. The van der Waals surface area contributed by atoms with E-state index in [-0.39, 0.29) is 35.9 Å². The number of nitrogens with one attached hydrogen (secondary N) is 1. The lowest BCUT2D eigenvalue weighted by atomic mass is 10.2. The van der Waals surface area contributed by atoms with Crippen molar-refractivity contribution in [2.24, 2.45) is 0 Å². The first-order valence-electron chi connectivity index (χ1n) is 10.6. The van der Waals surface area contributed by atoms with Gasteiger partial charge in [-0.05, 0) is 61.2 Å². The summed E-state index contributed by atoms with van der Waals surface area (Å²) in [4.78, 5) is 52.1. The molecule has 170 valence electrons. The second-order valence-electron chi connectivity index (χ2n) is 7.90. The van der Waals surface area contributed by atoms with E-state index in [1.165, 1.54) is 7.11 Å². The van der Waals surface area contributed by atoms with Crippen molar-refractivity contribution in [2.75, 3.05) is 33.4 Å². The smallest absolute Gasteiger partial charge is 0.294 e. The Labute approximate surface area is 190 Å². The lowest BCUT2D eigenvalue weighted by molar-refractivity contribution is -0.135. The van der Waals surface area contributed by atoms with Crippen molar-refractivity contribution in [1.29, 1.82) is 0 Å². The van der Waals surface area contributed by atoms with E-state index in [0.717, 1.165) is 42.3 Å². The summed E-state index contributed by atoms with van der Waals surface area (Å²) >= 11 is 0.807. The average molecular weight is 460 g/mol. The number of rotatable bonds is 8. The summed E-state index contributed by atoms with van der Waals surface area (Å²) in [5.74, 6) is -0.0689. The summed E-state index contributed by atoms with van der Waals surface area (Å²) in [6.45, 7) is 0.986. The number of carbonyl (C=O) groups is 4. The lowest BCUT2D eigenvalue weighted by Gasteiger charge is -2.18. The maximum atomic E-state index is 12.7. The molecule has 0 atom stereocenters. The van der Waals surface area contributed by atoms with Crippen LogP contribution in [-0.2, 0) is 14.4 Å². The Bertz CT molecular complexity index is 968. The molecule has 2 saturated heterocycles. The highest BCUT2D eigenvalue weighted by atomic mass is 32.2. The van der Waals surface area contributed by atoms with E-state index in [0.29, 0.717) is 30.2 Å². The molecule has 0 bridgehead atoms. The number of thioether (sulfide) groups is 1. The minimum atomic E-state index is -0.483. The molecule has 1 N–H and O–H groups in total. The van der Waals surface area contributed by atoms with Gasteiger partial charge in [0.1, 0.15) is 6.54 Å². The summed E-state index contributed by atoms with van der Waals surface area (Å²) in [6.07, 6.45) is 5.47. The Morgan fingerprint density at radius 3 is 2.62 bits per heavy atom. The van der Waals surface area contributed by atoms with Crippen LogP contribution in [-0.4, -0.2) is 72.2 Å². The SMILES string of the molecule is COc1cc(/C=C2\SC(=O)N(CC(=O)N3CCCC3)C2=O)ccc1OCC(=O)NC1CC1. The molecule has 0 unspecified atom stereocenters. The molecule has 0 radical (unpaired) electrons. The van der Waals surface area contributed by atoms with Crippen LogP contribution in [0.25, 0.3) is 6.08 Å². The maximum Gasteiger partial charge on any atom is 0.294 e. The summed E-state index contributed by atoms with van der Waals surface area (Å²) in [7, 11) is 1.48. The second kappa shape index (κ2) is 9.64. The zero-order valence-electron chi connectivity index (χ0n) is 17.8. The number of benzene rings is 1. The van der Waals surface area contributed by atoms with Crippen LogP contribution in [0, 0.1) is 0 Å². The van der Waals surface area contributed by atoms with E-state index in [9.17, 15) is 19.2 Å². The molecule has 4 rings (SSSR count). The van der Waals surface area contributed by atoms with Crippen molar-refractivity contribution >= 4 is 40.8 Å². The number of amides is 4. The molecular weight excluding hydrogens is 434 g/mol. The molecule has 4 amide bonds. The minimum Gasteiger partial charge on any atom is -0.493 e. The van der Waals surface area contributed by atoms with Crippen molar-refractivity contribution in [3.05, 3.63) is 28.7 Å². The number of carbonyl (C=O) groups excluding carboxylic acids is 4. The molecule has 32 heavy (non-hydrogen) atoms. The quantitative estimate of drug-likeness (QED) is 0.593. The van der Waals surface area contributed by atoms with Gasteiger partial charge in [-0.25, -0.2) is 0 Å². The molecule has 1 aromatic carbocycles. The van der Waals surface area contributed by atoms with Crippen LogP contribution in [0.3, 0.4) is 0 Å². The van der Waals surface area contributed by atoms with Gasteiger partial charge in [-0.3, -0.25) is 24.1 Å². The molecule has 10 heteroatoms. The number of imide groups is 1. The van der Waals surface area contributed by atoms with Gasteiger partial charge in [0.05, 0.1) is 12.0 Å². The van der Waals surface area contributed by atoms with Gasteiger partial charge in [-0.15, -0.1) is 0 Å². The summed E-state index contributed by atoms with van der Waals surface area (Å²) < 4.78 is 10.9. The van der Waals surface area contributed by atoms with Crippen LogP contribution in [0.4, 0.5) is 4.79 Å². The Kier molecular flexibility index (Phi) is 6.69. The number of nitrogens with zero attached hydrogens (tertiary/aromatic N) is 2. The fourth-order valence-electron chi connectivity index (χ4n) is 3.52. The maximum absolute atomic E-state index is 12.7. The molecular formula is C22H25N3O6S. The van der Waals surface area contributed by atoms with E-state index in [1.54, 1.807) is 29.2 Å². The van der Waals surface area contributed by atoms with Crippen LogP contribution in [0.1, 0.15) is 31.2 Å². The number of hydrogen-bond acceptors (Lipinski definition) is 7. The first-order valence-corrected chi connectivity index (χ1v) is 11.4. The molecule has 3 fully saturated rings. The van der Waals surface area contributed by atoms with Crippen LogP contribution < -0.4 is 14.8 Å². The summed E-state index contributed by atoms with van der Waals surface area (Å²) in [5, 5.41) is 2.39. The van der Waals surface area contributed by atoms with Gasteiger partial charge in [0.25, 0.3) is 17.1 Å². The molecule has 9 nitrogen and oxygen atoms in total. The largest absolute Gasteiger partial charge is 0.493 e. The molecule has 2 heterocycles.